The molecule has 1 saturated heterocycles. The number of pyridine rings is 1. The van der Waals surface area contributed by atoms with Crippen molar-refractivity contribution >= 4 is 22.3 Å². The number of hydrogen-bond acceptors (Lipinski definition) is 5. The van der Waals surface area contributed by atoms with Gasteiger partial charge in [0.2, 0.25) is 0 Å². The van der Waals surface area contributed by atoms with Crippen LogP contribution < -0.4 is 10.6 Å². The van der Waals surface area contributed by atoms with E-state index in [1.807, 2.05) is 24.3 Å². The van der Waals surface area contributed by atoms with Crippen LogP contribution in [0.2, 0.25) is 0 Å². The summed E-state index contributed by atoms with van der Waals surface area (Å²) in [6.07, 6.45) is 2.33. The highest BCUT2D eigenvalue weighted by atomic mass is 16.6. The van der Waals surface area contributed by atoms with E-state index in [9.17, 15) is 10.1 Å². The van der Waals surface area contributed by atoms with E-state index in [0.717, 1.165) is 30.4 Å². The first-order valence-corrected chi connectivity index (χ1v) is 6.68. The number of nitrogens with two attached hydrogens (primary N) is 1. The van der Waals surface area contributed by atoms with Gasteiger partial charge in [-0.25, -0.2) is 4.98 Å². The second-order valence-corrected chi connectivity index (χ2v) is 5.10. The molecule has 0 amide bonds. The normalized spacial score (nSPS) is 18.6. The van der Waals surface area contributed by atoms with Gasteiger partial charge in [-0.15, -0.1) is 0 Å². The third kappa shape index (κ3) is 2.08. The summed E-state index contributed by atoms with van der Waals surface area (Å²) in [5, 5.41) is 12.1. The molecule has 2 heterocycles. The van der Waals surface area contributed by atoms with Crippen molar-refractivity contribution in [3.63, 3.8) is 0 Å². The fraction of sp³-hybridized carbons (Fsp3) is 0.357. The lowest BCUT2D eigenvalue weighted by molar-refractivity contribution is -0.384. The Labute approximate surface area is 116 Å². The third-order valence-electron chi connectivity index (χ3n) is 3.86. The minimum absolute atomic E-state index is 0.0707. The molecule has 1 aliphatic heterocycles. The second-order valence-electron chi connectivity index (χ2n) is 5.10. The Morgan fingerprint density at radius 2 is 2.25 bits per heavy atom. The van der Waals surface area contributed by atoms with Crippen molar-refractivity contribution in [2.45, 2.75) is 6.42 Å². The first-order chi connectivity index (χ1) is 9.70. The molecule has 2 N–H and O–H groups in total. The van der Waals surface area contributed by atoms with E-state index < -0.39 is 0 Å². The monoisotopic (exact) mass is 272 g/mol. The number of nitrogens with zero attached hydrogens (tertiary/aromatic N) is 3. The van der Waals surface area contributed by atoms with E-state index in [1.165, 1.54) is 6.20 Å². The molecular formula is C14H16N4O2. The number of fused-ring (bicyclic) bond motifs is 1. The van der Waals surface area contributed by atoms with Crippen LogP contribution in [0, 0.1) is 16.0 Å². The lowest BCUT2D eigenvalue weighted by Crippen LogP contribution is -2.23. The number of hydrogen-bond donors (Lipinski definition) is 1. The largest absolute Gasteiger partial charge is 0.365 e. The van der Waals surface area contributed by atoms with Gasteiger partial charge in [-0.1, -0.05) is 18.2 Å². The fourth-order valence-electron chi connectivity index (χ4n) is 2.81. The van der Waals surface area contributed by atoms with Gasteiger partial charge in [-0.3, -0.25) is 10.1 Å². The molecule has 1 aromatic carbocycles. The van der Waals surface area contributed by atoms with E-state index in [-0.39, 0.29) is 10.6 Å². The molecule has 0 radical (unpaired) electrons. The van der Waals surface area contributed by atoms with Crippen LogP contribution in [0.5, 0.6) is 0 Å². The van der Waals surface area contributed by atoms with Gasteiger partial charge in [0.15, 0.2) is 0 Å². The Balaban J connectivity index is 2.15. The molecule has 0 spiro atoms. The zero-order valence-electron chi connectivity index (χ0n) is 11.0. The van der Waals surface area contributed by atoms with Crippen LogP contribution in [0.15, 0.2) is 30.5 Å². The second kappa shape index (κ2) is 5.05. The van der Waals surface area contributed by atoms with Crippen molar-refractivity contribution in [3.8, 4) is 0 Å². The number of rotatable bonds is 3. The Morgan fingerprint density at radius 3 is 2.95 bits per heavy atom. The first-order valence-electron chi connectivity index (χ1n) is 6.68. The van der Waals surface area contributed by atoms with Gasteiger partial charge < -0.3 is 10.6 Å². The predicted octanol–water partition coefficient (Wildman–Crippen LogP) is 1.93. The quantitative estimate of drug-likeness (QED) is 0.681. The van der Waals surface area contributed by atoms with Crippen LogP contribution in [0.25, 0.3) is 10.9 Å². The summed E-state index contributed by atoms with van der Waals surface area (Å²) in [6, 6.07) is 7.53. The van der Waals surface area contributed by atoms with Gasteiger partial charge in [0.05, 0.1) is 10.4 Å². The first kappa shape index (κ1) is 12.8. The summed E-state index contributed by atoms with van der Waals surface area (Å²) >= 11 is 0. The minimum atomic E-state index is -0.357. The predicted molar refractivity (Wildman–Crippen MR) is 77.8 cm³/mol. The maximum atomic E-state index is 11.3. The maximum absolute atomic E-state index is 11.3. The fourth-order valence-corrected chi connectivity index (χ4v) is 2.81. The van der Waals surface area contributed by atoms with Crippen LogP contribution in [0.4, 0.5) is 11.4 Å². The maximum Gasteiger partial charge on any atom is 0.311 e. The molecule has 20 heavy (non-hydrogen) atoms. The van der Waals surface area contributed by atoms with Gasteiger partial charge in [0.25, 0.3) is 0 Å². The highest BCUT2D eigenvalue weighted by Crippen LogP contribution is 2.37. The average molecular weight is 272 g/mol. The molecule has 0 aliphatic carbocycles. The van der Waals surface area contributed by atoms with Crippen molar-refractivity contribution in [1.29, 1.82) is 0 Å². The highest BCUT2D eigenvalue weighted by molar-refractivity contribution is 5.96. The third-order valence-corrected chi connectivity index (χ3v) is 3.86. The van der Waals surface area contributed by atoms with E-state index in [2.05, 4.69) is 9.88 Å². The number of nitro groups is 1. The SMILES string of the molecule is NCC1CCN(c2c([N+](=O)[O-])cnc3ccccc23)C1. The molecule has 6 nitrogen and oxygen atoms in total. The molecule has 1 fully saturated rings. The average Bonchev–Trinajstić information content (AvgIpc) is 2.94. The van der Waals surface area contributed by atoms with Crippen molar-refractivity contribution < 1.29 is 4.92 Å². The molecule has 1 atom stereocenters. The van der Waals surface area contributed by atoms with E-state index >= 15 is 0 Å². The molecule has 6 heteroatoms. The molecule has 3 rings (SSSR count). The van der Waals surface area contributed by atoms with Gasteiger partial charge in [0.1, 0.15) is 11.9 Å². The lowest BCUT2D eigenvalue weighted by Gasteiger charge is -2.20. The Bertz CT molecular complexity index is 659. The topological polar surface area (TPSA) is 85.3 Å². The molecule has 104 valence electrons. The summed E-state index contributed by atoms with van der Waals surface area (Å²) in [7, 11) is 0. The van der Waals surface area contributed by atoms with Crippen LogP contribution in [0.1, 0.15) is 6.42 Å². The van der Waals surface area contributed by atoms with Crippen LogP contribution in [0.3, 0.4) is 0 Å². The minimum Gasteiger partial charge on any atom is -0.365 e. The van der Waals surface area contributed by atoms with Gasteiger partial charge in [-0.05, 0) is 24.9 Å². The van der Waals surface area contributed by atoms with E-state index in [0.29, 0.717) is 18.2 Å². The Morgan fingerprint density at radius 1 is 1.45 bits per heavy atom. The number of benzene rings is 1. The molecule has 1 unspecified atom stereocenters. The van der Waals surface area contributed by atoms with Gasteiger partial charge in [-0.2, -0.15) is 0 Å². The smallest absolute Gasteiger partial charge is 0.311 e. The van der Waals surface area contributed by atoms with Crippen molar-refractivity contribution in [3.05, 3.63) is 40.6 Å². The van der Waals surface area contributed by atoms with Crippen LogP contribution >= 0.6 is 0 Å². The molecule has 0 bridgehead atoms. The lowest BCUT2D eigenvalue weighted by atomic mass is 10.1. The highest BCUT2D eigenvalue weighted by Gasteiger charge is 2.29. The summed E-state index contributed by atoms with van der Waals surface area (Å²) in [5.74, 6) is 0.404. The molecule has 1 aromatic heterocycles. The zero-order chi connectivity index (χ0) is 14.1. The molecule has 0 saturated carbocycles. The number of para-hydroxylation sites is 1. The molecular weight excluding hydrogens is 256 g/mol. The van der Waals surface area contributed by atoms with E-state index in [4.69, 9.17) is 5.73 Å². The van der Waals surface area contributed by atoms with E-state index in [1.54, 1.807) is 0 Å². The Kier molecular flexibility index (Phi) is 3.23. The van der Waals surface area contributed by atoms with Crippen LogP contribution in [-0.2, 0) is 0 Å². The molecule has 1 aliphatic rings. The Hall–Kier alpha value is -2.21. The van der Waals surface area contributed by atoms with Gasteiger partial charge in [0, 0.05) is 18.5 Å². The summed E-state index contributed by atoms with van der Waals surface area (Å²) in [6.45, 7) is 2.19. The van der Waals surface area contributed by atoms with Crippen LogP contribution in [-0.4, -0.2) is 29.5 Å². The molecule has 2 aromatic rings. The number of aromatic nitrogens is 1. The van der Waals surface area contributed by atoms with Crippen molar-refractivity contribution in [2.75, 3.05) is 24.5 Å². The standard InChI is InChI=1S/C14H16N4O2/c15-7-10-5-6-17(9-10)14-11-3-1-2-4-12(11)16-8-13(14)18(19)20/h1-4,8,10H,5-7,9,15H2. The number of anilines is 1. The van der Waals surface area contributed by atoms with Crippen molar-refractivity contribution in [2.24, 2.45) is 11.7 Å². The summed E-state index contributed by atoms with van der Waals surface area (Å²) in [5.41, 5.74) is 7.24. The summed E-state index contributed by atoms with van der Waals surface area (Å²) < 4.78 is 0. The zero-order valence-corrected chi connectivity index (χ0v) is 11.0. The van der Waals surface area contributed by atoms with Crippen molar-refractivity contribution in [1.82, 2.24) is 4.98 Å². The summed E-state index contributed by atoms with van der Waals surface area (Å²) in [4.78, 5) is 17.2. The van der Waals surface area contributed by atoms with Gasteiger partial charge >= 0.3 is 5.69 Å².